The van der Waals surface area contributed by atoms with E-state index >= 15 is 0 Å². The molecule has 2 heterocycles. The summed E-state index contributed by atoms with van der Waals surface area (Å²) in [5, 5.41) is 16.3. The van der Waals surface area contributed by atoms with Gasteiger partial charge in [0, 0.05) is 6.54 Å². The highest BCUT2D eigenvalue weighted by atomic mass is 19.1. The van der Waals surface area contributed by atoms with Gasteiger partial charge in [0.1, 0.15) is 18.2 Å². The van der Waals surface area contributed by atoms with Crippen LogP contribution in [0.2, 0.25) is 0 Å². The molecule has 0 spiro atoms. The largest absolute Gasteiger partial charge is 0.378 e. The molecule has 1 unspecified atom stereocenters. The van der Waals surface area contributed by atoms with Gasteiger partial charge in [0.05, 0.1) is 24.6 Å². The van der Waals surface area contributed by atoms with Crippen molar-refractivity contribution in [2.75, 3.05) is 25.1 Å². The summed E-state index contributed by atoms with van der Waals surface area (Å²) in [5.74, 6) is -0.876. The average molecular weight is 292 g/mol. The van der Waals surface area contributed by atoms with E-state index in [2.05, 4.69) is 26.2 Å². The molecule has 3 rings (SSSR count). The minimum atomic E-state index is -0.531. The number of rotatable bonds is 3. The lowest BCUT2D eigenvalue weighted by molar-refractivity contribution is -0.120. The molecule has 21 heavy (non-hydrogen) atoms. The third-order valence-corrected chi connectivity index (χ3v) is 3.06. The number of halogens is 1. The lowest BCUT2D eigenvalue weighted by Gasteiger charge is -2.23. The zero-order valence-electron chi connectivity index (χ0n) is 11.0. The molecule has 0 aliphatic carbocycles. The number of tetrazole rings is 1. The Morgan fingerprint density at radius 3 is 3.14 bits per heavy atom. The van der Waals surface area contributed by atoms with Gasteiger partial charge in [-0.2, -0.15) is 0 Å². The number of nitrogens with one attached hydrogen (secondary N) is 2. The van der Waals surface area contributed by atoms with Crippen molar-refractivity contribution in [2.45, 2.75) is 6.04 Å². The number of carbonyl (C=O) groups is 1. The topological polar surface area (TPSA) is 94.0 Å². The van der Waals surface area contributed by atoms with Crippen LogP contribution in [-0.4, -0.2) is 51.9 Å². The van der Waals surface area contributed by atoms with Gasteiger partial charge in [0.2, 0.25) is 5.91 Å². The molecule has 9 heteroatoms. The van der Waals surface area contributed by atoms with E-state index in [1.807, 2.05) is 0 Å². The lowest BCUT2D eigenvalue weighted by atomic mass is 10.2. The van der Waals surface area contributed by atoms with E-state index in [4.69, 9.17) is 4.74 Å². The van der Waals surface area contributed by atoms with Crippen LogP contribution in [0.4, 0.5) is 10.1 Å². The standard InChI is InChI=1S/C12H13FN6O2/c13-9-2-1-8(19-7-15-17-18-19)5-10(9)16-12(20)11-6-21-4-3-14-11/h1-2,5,7,11,14H,3-4,6H2,(H,16,20). The van der Waals surface area contributed by atoms with Crippen LogP contribution < -0.4 is 10.6 Å². The molecular weight excluding hydrogens is 279 g/mol. The van der Waals surface area contributed by atoms with Gasteiger partial charge in [0.25, 0.3) is 0 Å². The van der Waals surface area contributed by atoms with Crippen molar-refractivity contribution in [3.05, 3.63) is 30.3 Å². The molecular formula is C12H13FN6O2. The average Bonchev–Trinajstić information content (AvgIpc) is 3.04. The number of aromatic nitrogens is 4. The molecule has 1 aromatic carbocycles. The SMILES string of the molecule is O=C(Nc1cc(-n2cnnn2)ccc1F)C1COCCN1. The maximum Gasteiger partial charge on any atom is 0.243 e. The number of nitrogens with zero attached hydrogens (tertiary/aromatic N) is 4. The second-order valence-corrected chi connectivity index (χ2v) is 4.49. The van der Waals surface area contributed by atoms with E-state index < -0.39 is 11.9 Å². The Morgan fingerprint density at radius 2 is 2.43 bits per heavy atom. The van der Waals surface area contributed by atoms with Gasteiger partial charge in [0.15, 0.2) is 0 Å². The molecule has 0 saturated carbocycles. The Labute approximate surface area is 119 Å². The second kappa shape index (κ2) is 5.94. The van der Waals surface area contributed by atoms with Crippen LogP contribution in [0, 0.1) is 5.82 Å². The summed E-state index contributed by atoms with van der Waals surface area (Å²) in [6.45, 7) is 1.41. The van der Waals surface area contributed by atoms with Crippen LogP contribution in [0.3, 0.4) is 0 Å². The minimum absolute atomic E-state index is 0.0698. The van der Waals surface area contributed by atoms with Gasteiger partial charge < -0.3 is 15.4 Å². The van der Waals surface area contributed by atoms with Crippen LogP contribution in [0.25, 0.3) is 5.69 Å². The third kappa shape index (κ3) is 3.03. The van der Waals surface area contributed by atoms with Crippen molar-refractivity contribution < 1.29 is 13.9 Å². The molecule has 1 amide bonds. The number of benzene rings is 1. The number of hydrogen-bond donors (Lipinski definition) is 2. The summed E-state index contributed by atoms with van der Waals surface area (Å²) in [4.78, 5) is 12.1. The maximum atomic E-state index is 13.8. The van der Waals surface area contributed by atoms with E-state index in [9.17, 15) is 9.18 Å². The van der Waals surface area contributed by atoms with Crippen LogP contribution >= 0.6 is 0 Å². The quantitative estimate of drug-likeness (QED) is 0.808. The highest BCUT2D eigenvalue weighted by molar-refractivity contribution is 5.95. The molecule has 1 fully saturated rings. The number of carbonyl (C=O) groups excluding carboxylic acids is 1. The molecule has 1 aliphatic rings. The molecule has 0 bridgehead atoms. The highest BCUT2D eigenvalue weighted by Gasteiger charge is 2.22. The predicted octanol–water partition coefficient (Wildman–Crippen LogP) is -0.272. The number of hydrogen-bond acceptors (Lipinski definition) is 6. The van der Waals surface area contributed by atoms with E-state index in [0.717, 1.165) is 0 Å². The van der Waals surface area contributed by atoms with Gasteiger partial charge in [-0.05, 0) is 28.6 Å². The molecule has 8 nitrogen and oxygen atoms in total. The number of amides is 1. The fourth-order valence-electron chi connectivity index (χ4n) is 1.98. The Hall–Kier alpha value is -2.39. The first kappa shape index (κ1) is 13.6. The first-order valence-corrected chi connectivity index (χ1v) is 6.39. The molecule has 1 aromatic heterocycles. The van der Waals surface area contributed by atoms with E-state index in [0.29, 0.717) is 18.8 Å². The predicted molar refractivity (Wildman–Crippen MR) is 70.4 cm³/mol. The first-order chi connectivity index (χ1) is 10.2. The fraction of sp³-hybridized carbons (Fsp3) is 0.333. The van der Waals surface area contributed by atoms with Gasteiger partial charge in [-0.15, -0.1) is 5.10 Å². The molecule has 1 atom stereocenters. The van der Waals surface area contributed by atoms with Crippen LogP contribution in [0.5, 0.6) is 0 Å². The number of anilines is 1. The Morgan fingerprint density at radius 1 is 1.52 bits per heavy atom. The van der Waals surface area contributed by atoms with Gasteiger partial charge in [-0.1, -0.05) is 0 Å². The molecule has 0 radical (unpaired) electrons. The van der Waals surface area contributed by atoms with Crippen molar-refractivity contribution in [2.24, 2.45) is 0 Å². The number of morpholine rings is 1. The van der Waals surface area contributed by atoms with Gasteiger partial charge in [-0.25, -0.2) is 9.07 Å². The lowest BCUT2D eigenvalue weighted by Crippen LogP contribution is -2.48. The maximum absolute atomic E-state index is 13.8. The Kier molecular flexibility index (Phi) is 3.84. The van der Waals surface area contributed by atoms with Gasteiger partial charge >= 0.3 is 0 Å². The summed E-state index contributed by atoms with van der Waals surface area (Å²) in [6, 6.07) is 3.74. The summed E-state index contributed by atoms with van der Waals surface area (Å²) in [7, 11) is 0. The van der Waals surface area contributed by atoms with Crippen molar-refractivity contribution in [1.82, 2.24) is 25.5 Å². The summed E-state index contributed by atoms with van der Waals surface area (Å²) in [5.41, 5.74) is 0.616. The van der Waals surface area contributed by atoms with E-state index in [-0.39, 0.29) is 18.2 Å². The fourth-order valence-corrected chi connectivity index (χ4v) is 1.98. The van der Waals surface area contributed by atoms with Crippen molar-refractivity contribution in [3.8, 4) is 5.69 Å². The minimum Gasteiger partial charge on any atom is -0.378 e. The summed E-state index contributed by atoms with van der Waals surface area (Å²) < 4.78 is 20.4. The first-order valence-electron chi connectivity index (χ1n) is 6.39. The van der Waals surface area contributed by atoms with Crippen molar-refractivity contribution in [1.29, 1.82) is 0 Å². The smallest absolute Gasteiger partial charge is 0.243 e. The second-order valence-electron chi connectivity index (χ2n) is 4.49. The normalized spacial score (nSPS) is 18.4. The third-order valence-electron chi connectivity index (χ3n) is 3.06. The summed E-state index contributed by atoms with van der Waals surface area (Å²) >= 11 is 0. The molecule has 2 aromatic rings. The van der Waals surface area contributed by atoms with Crippen LogP contribution in [0.1, 0.15) is 0 Å². The molecule has 2 N–H and O–H groups in total. The molecule has 110 valence electrons. The van der Waals surface area contributed by atoms with Gasteiger partial charge in [-0.3, -0.25) is 4.79 Å². The molecule has 1 saturated heterocycles. The van der Waals surface area contributed by atoms with Crippen LogP contribution in [0.15, 0.2) is 24.5 Å². The van der Waals surface area contributed by atoms with Crippen molar-refractivity contribution >= 4 is 11.6 Å². The monoisotopic (exact) mass is 292 g/mol. The highest BCUT2D eigenvalue weighted by Crippen LogP contribution is 2.18. The zero-order valence-corrected chi connectivity index (χ0v) is 11.0. The number of ether oxygens (including phenoxy) is 1. The molecule has 1 aliphatic heterocycles. The van der Waals surface area contributed by atoms with Crippen molar-refractivity contribution in [3.63, 3.8) is 0 Å². The zero-order chi connectivity index (χ0) is 14.7. The Balaban J connectivity index is 1.78. The van der Waals surface area contributed by atoms with E-state index in [1.165, 1.54) is 29.2 Å². The Bertz CT molecular complexity index is 627. The summed E-state index contributed by atoms with van der Waals surface area (Å²) in [6.07, 6.45) is 1.38. The van der Waals surface area contributed by atoms with Crippen LogP contribution in [-0.2, 0) is 9.53 Å². The van der Waals surface area contributed by atoms with E-state index in [1.54, 1.807) is 0 Å².